The fraction of sp³-hybridized carbons (Fsp3) is 0.292. The summed E-state index contributed by atoms with van der Waals surface area (Å²) in [7, 11) is 0. The Labute approximate surface area is 191 Å². The molecule has 1 aromatic heterocycles. The van der Waals surface area contributed by atoms with Crippen LogP contribution in [0.2, 0.25) is 0 Å². The average molecular weight is 455 g/mol. The Morgan fingerprint density at radius 2 is 1.52 bits per heavy atom. The van der Waals surface area contributed by atoms with E-state index in [4.69, 9.17) is 23.4 Å². The van der Waals surface area contributed by atoms with E-state index in [1.54, 1.807) is 30.3 Å². The van der Waals surface area contributed by atoms with E-state index >= 15 is 0 Å². The maximum absolute atomic E-state index is 12.5. The van der Waals surface area contributed by atoms with E-state index in [1.165, 1.54) is 18.2 Å². The third kappa shape index (κ3) is 5.82. The second-order valence-corrected chi connectivity index (χ2v) is 6.76. The normalized spacial score (nSPS) is 10.5. The summed E-state index contributed by atoms with van der Waals surface area (Å²) in [5.41, 5.74) is 1.24. The van der Waals surface area contributed by atoms with Crippen LogP contribution in [0.3, 0.4) is 0 Å². The highest BCUT2D eigenvalue weighted by atomic mass is 16.6. The number of rotatable bonds is 11. The molecule has 3 rings (SSSR count). The van der Waals surface area contributed by atoms with E-state index < -0.39 is 10.9 Å². The Morgan fingerprint density at radius 3 is 2.06 bits per heavy atom. The van der Waals surface area contributed by atoms with Crippen molar-refractivity contribution in [2.45, 2.75) is 27.4 Å². The van der Waals surface area contributed by atoms with Gasteiger partial charge in [-0.25, -0.2) is 4.79 Å². The van der Waals surface area contributed by atoms with Crippen molar-refractivity contribution in [2.24, 2.45) is 0 Å². The zero-order chi connectivity index (χ0) is 23.8. The molecule has 33 heavy (non-hydrogen) atoms. The molecule has 0 bridgehead atoms. The van der Waals surface area contributed by atoms with Crippen LogP contribution in [0.4, 0.5) is 5.69 Å². The minimum Gasteiger partial charge on any atom is -0.490 e. The van der Waals surface area contributed by atoms with E-state index in [9.17, 15) is 14.9 Å². The Hall–Kier alpha value is -4.01. The van der Waals surface area contributed by atoms with Crippen molar-refractivity contribution >= 4 is 11.7 Å². The number of nitro groups is 1. The predicted molar refractivity (Wildman–Crippen MR) is 120 cm³/mol. The van der Waals surface area contributed by atoms with Gasteiger partial charge < -0.3 is 23.4 Å². The molecule has 0 radical (unpaired) electrons. The number of hydrogen-bond donors (Lipinski definition) is 0. The van der Waals surface area contributed by atoms with Gasteiger partial charge in [-0.15, -0.1) is 0 Å². The van der Waals surface area contributed by atoms with E-state index in [-0.39, 0.29) is 18.1 Å². The predicted octanol–water partition coefficient (Wildman–Crippen LogP) is 5.41. The van der Waals surface area contributed by atoms with Gasteiger partial charge in [-0.1, -0.05) is 0 Å². The SMILES string of the molecule is CCOc1cc(COC(=O)c2ccc(-c3ccc([N+](=O)[O-])cc3)o2)cc(OCC)c1OCC. The highest BCUT2D eigenvalue weighted by molar-refractivity contribution is 5.87. The van der Waals surface area contributed by atoms with Crippen molar-refractivity contribution in [2.75, 3.05) is 19.8 Å². The van der Waals surface area contributed by atoms with Crippen LogP contribution in [0.5, 0.6) is 17.2 Å². The molecule has 0 spiro atoms. The largest absolute Gasteiger partial charge is 0.490 e. The van der Waals surface area contributed by atoms with Crippen LogP contribution in [-0.2, 0) is 11.3 Å². The van der Waals surface area contributed by atoms with Gasteiger partial charge in [-0.2, -0.15) is 0 Å². The van der Waals surface area contributed by atoms with Crippen LogP contribution in [0, 0.1) is 10.1 Å². The van der Waals surface area contributed by atoms with Gasteiger partial charge in [-0.05, 0) is 62.7 Å². The summed E-state index contributed by atoms with van der Waals surface area (Å²) in [6, 6.07) is 12.4. The standard InChI is InChI=1S/C24H25NO8/c1-4-29-21-13-16(14-22(30-5-2)23(21)31-6-3)15-32-24(26)20-12-11-19(33-20)17-7-9-18(10-8-17)25(27)28/h7-14H,4-6,15H2,1-3H3. The van der Waals surface area contributed by atoms with Crippen LogP contribution in [0.15, 0.2) is 52.9 Å². The number of esters is 1. The first-order chi connectivity index (χ1) is 16.0. The molecule has 0 amide bonds. The number of nitrogens with zero attached hydrogens (tertiary/aromatic N) is 1. The van der Waals surface area contributed by atoms with Crippen molar-refractivity contribution in [1.29, 1.82) is 0 Å². The van der Waals surface area contributed by atoms with Gasteiger partial charge in [-0.3, -0.25) is 10.1 Å². The van der Waals surface area contributed by atoms with Gasteiger partial charge in [0.05, 0.1) is 24.7 Å². The second kappa shape index (κ2) is 11.0. The Balaban J connectivity index is 1.73. The molecule has 1 heterocycles. The van der Waals surface area contributed by atoms with Crippen LogP contribution in [0.25, 0.3) is 11.3 Å². The van der Waals surface area contributed by atoms with E-state index in [0.717, 1.165) is 0 Å². The van der Waals surface area contributed by atoms with E-state index in [2.05, 4.69) is 0 Å². The van der Waals surface area contributed by atoms with E-state index in [1.807, 2.05) is 20.8 Å². The topological polar surface area (TPSA) is 110 Å². The van der Waals surface area contributed by atoms with Gasteiger partial charge in [0.15, 0.2) is 11.5 Å². The highest BCUT2D eigenvalue weighted by Gasteiger charge is 2.18. The molecule has 9 nitrogen and oxygen atoms in total. The fourth-order valence-corrected chi connectivity index (χ4v) is 3.10. The minimum absolute atomic E-state index is 0.0179. The van der Waals surface area contributed by atoms with Crippen molar-refractivity contribution < 1.29 is 33.1 Å². The summed E-state index contributed by atoms with van der Waals surface area (Å²) in [5, 5.41) is 10.8. The summed E-state index contributed by atoms with van der Waals surface area (Å²) in [6.07, 6.45) is 0. The zero-order valence-electron chi connectivity index (χ0n) is 18.7. The molecule has 0 saturated carbocycles. The molecule has 3 aromatic rings. The summed E-state index contributed by atoms with van der Waals surface area (Å²) in [4.78, 5) is 22.8. The quantitative estimate of drug-likeness (QED) is 0.214. The van der Waals surface area contributed by atoms with Gasteiger partial charge >= 0.3 is 5.97 Å². The summed E-state index contributed by atoms with van der Waals surface area (Å²) in [6.45, 7) is 6.89. The lowest BCUT2D eigenvalue weighted by atomic mass is 10.1. The number of nitro benzene ring substituents is 1. The molecule has 174 valence electrons. The fourth-order valence-electron chi connectivity index (χ4n) is 3.10. The maximum atomic E-state index is 12.5. The number of carbonyl (C=O) groups excluding carboxylic acids is 1. The van der Waals surface area contributed by atoms with Crippen molar-refractivity contribution in [3.05, 3.63) is 70.0 Å². The smallest absolute Gasteiger partial charge is 0.374 e. The number of ether oxygens (including phenoxy) is 4. The number of hydrogen-bond acceptors (Lipinski definition) is 8. The molecule has 0 aliphatic heterocycles. The second-order valence-electron chi connectivity index (χ2n) is 6.76. The van der Waals surface area contributed by atoms with Crippen molar-refractivity contribution in [1.82, 2.24) is 0 Å². The first-order valence-electron chi connectivity index (χ1n) is 10.5. The molecule has 0 saturated heterocycles. The molecule has 2 aromatic carbocycles. The van der Waals surface area contributed by atoms with Gasteiger partial charge in [0.2, 0.25) is 11.5 Å². The van der Waals surface area contributed by atoms with Gasteiger partial charge in [0, 0.05) is 17.7 Å². The molecule has 0 aliphatic carbocycles. The first kappa shape index (κ1) is 23.6. The van der Waals surface area contributed by atoms with Crippen LogP contribution in [0.1, 0.15) is 36.9 Å². The summed E-state index contributed by atoms with van der Waals surface area (Å²) >= 11 is 0. The lowest BCUT2D eigenvalue weighted by molar-refractivity contribution is -0.384. The first-order valence-corrected chi connectivity index (χ1v) is 10.5. The van der Waals surface area contributed by atoms with Crippen LogP contribution in [-0.4, -0.2) is 30.7 Å². The molecule has 0 fully saturated rings. The Bertz CT molecular complexity index is 1080. The number of carbonyl (C=O) groups is 1. The summed E-state index contributed by atoms with van der Waals surface area (Å²) < 4.78 is 28.0. The Morgan fingerprint density at radius 1 is 0.909 bits per heavy atom. The molecule has 0 aliphatic rings. The highest BCUT2D eigenvalue weighted by Crippen LogP contribution is 2.39. The molecule has 0 N–H and O–H groups in total. The lowest BCUT2D eigenvalue weighted by Crippen LogP contribution is -2.06. The minimum atomic E-state index is -0.645. The molecule has 0 atom stereocenters. The van der Waals surface area contributed by atoms with Crippen molar-refractivity contribution in [3.8, 4) is 28.6 Å². The molecule has 0 unspecified atom stereocenters. The average Bonchev–Trinajstić information content (AvgIpc) is 3.30. The third-order valence-corrected chi connectivity index (χ3v) is 4.51. The molecular weight excluding hydrogens is 430 g/mol. The van der Waals surface area contributed by atoms with Gasteiger partial charge in [0.25, 0.3) is 5.69 Å². The molecule has 9 heteroatoms. The number of benzene rings is 2. The summed E-state index contributed by atoms with van der Waals surface area (Å²) in [5.74, 6) is 1.30. The third-order valence-electron chi connectivity index (χ3n) is 4.51. The van der Waals surface area contributed by atoms with Crippen LogP contribution >= 0.6 is 0 Å². The zero-order valence-corrected chi connectivity index (χ0v) is 18.7. The monoisotopic (exact) mass is 455 g/mol. The lowest BCUT2D eigenvalue weighted by Gasteiger charge is -2.17. The maximum Gasteiger partial charge on any atom is 0.374 e. The Kier molecular flexibility index (Phi) is 7.91. The number of non-ortho nitro benzene ring substituents is 1. The number of furan rings is 1. The van der Waals surface area contributed by atoms with E-state index in [0.29, 0.717) is 54.0 Å². The molecular formula is C24H25NO8. The van der Waals surface area contributed by atoms with Crippen LogP contribution < -0.4 is 14.2 Å². The van der Waals surface area contributed by atoms with Crippen molar-refractivity contribution in [3.63, 3.8) is 0 Å². The van der Waals surface area contributed by atoms with Gasteiger partial charge in [0.1, 0.15) is 12.4 Å².